The fourth-order valence-corrected chi connectivity index (χ4v) is 13.3. The maximum absolute atomic E-state index is 13.8. The molecule has 0 radical (unpaired) electrons. The van der Waals surface area contributed by atoms with E-state index in [0.717, 1.165) is 27.7 Å². The average Bonchev–Trinajstić information content (AvgIpc) is 0.747. The molecule has 7 rings (SSSR count). The third-order valence-corrected chi connectivity index (χ3v) is 18.6. The van der Waals surface area contributed by atoms with Gasteiger partial charge in [0.25, 0.3) is 11.6 Å². The predicted octanol–water partition coefficient (Wildman–Crippen LogP) is -18.2. The summed E-state index contributed by atoms with van der Waals surface area (Å²) in [4.78, 5) is 90.1. The minimum absolute atomic E-state index is 0.824. The van der Waals surface area contributed by atoms with E-state index in [9.17, 15) is 151 Å². The molecule has 48 heteroatoms. The van der Waals surface area contributed by atoms with E-state index < -0.39 is 333 Å². The van der Waals surface area contributed by atoms with Crippen LogP contribution in [0.15, 0.2) is 0 Å². The van der Waals surface area contributed by atoms with E-state index in [2.05, 4.69) is 26.6 Å². The Bertz CT molecular complexity index is 2920. The summed E-state index contributed by atoms with van der Waals surface area (Å²) >= 11 is 0. The van der Waals surface area contributed by atoms with Gasteiger partial charge in [-0.15, -0.1) is 0 Å². The monoisotopic (exact) mass is 1550 g/mol. The van der Waals surface area contributed by atoms with Gasteiger partial charge in [-0.1, -0.05) is 0 Å². The van der Waals surface area contributed by atoms with Gasteiger partial charge in [0.2, 0.25) is 29.5 Å². The van der Waals surface area contributed by atoms with Gasteiger partial charge in [-0.05, 0) is 0 Å². The lowest BCUT2D eigenvalue weighted by Crippen LogP contribution is -2.74. The fraction of sp³-hybridized carbons (Fsp3) is 0.879. The molecule has 7 fully saturated rings. The van der Waals surface area contributed by atoms with Crippen LogP contribution >= 0.6 is 0 Å². The van der Waals surface area contributed by atoms with Crippen molar-refractivity contribution in [1.82, 2.24) is 26.6 Å². The minimum atomic E-state index is -3.51. The van der Waals surface area contributed by atoms with Crippen molar-refractivity contribution in [2.24, 2.45) is 0 Å². The topological polar surface area (TPSA) is 765 Å². The molecule has 7 heterocycles. The molecule has 0 bridgehead atoms. The molecule has 0 unspecified atom stereocenters. The van der Waals surface area contributed by atoms with Gasteiger partial charge in [-0.2, -0.15) is 0 Å². The van der Waals surface area contributed by atoms with Crippen LogP contribution in [0.4, 0.5) is 0 Å². The highest BCUT2D eigenvalue weighted by Gasteiger charge is 2.64. The lowest BCUT2D eigenvalue weighted by Gasteiger charge is -2.53. The zero-order valence-corrected chi connectivity index (χ0v) is 56.7. The van der Waals surface area contributed by atoms with Crippen LogP contribution in [-0.2, 0) is 95.1 Å². The van der Waals surface area contributed by atoms with E-state index in [1.54, 1.807) is 0 Å². The second-order valence-corrected chi connectivity index (χ2v) is 26.2. The van der Waals surface area contributed by atoms with Gasteiger partial charge in [0, 0.05) is 40.5 Å². The number of carboxylic acid groups (broad SMARTS) is 2. The Balaban J connectivity index is 1.20. The molecule has 0 spiro atoms. The van der Waals surface area contributed by atoms with Crippen molar-refractivity contribution in [2.75, 3.05) is 52.9 Å². The molecule has 48 nitrogen and oxygen atoms in total. The highest BCUT2D eigenvalue weighted by molar-refractivity contribution is 5.79. The summed E-state index contributed by atoms with van der Waals surface area (Å²) in [7, 11) is 0. The third kappa shape index (κ3) is 19.6. The summed E-state index contributed by atoms with van der Waals surface area (Å²) in [5.74, 6) is -16.0. The van der Waals surface area contributed by atoms with Crippen LogP contribution < -0.4 is 26.6 Å². The van der Waals surface area contributed by atoms with Crippen molar-refractivity contribution in [3.05, 3.63) is 0 Å². The zero-order chi connectivity index (χ0) is 79.0. The molecular weight excluding hydrogens is 1450 g/mol. The predicted molar refractivity (Wildman–Crippen MR) is 326 cm³/mol. The normalized spacial score (nSPS) is 43.3. The summed E-state index contributed by atoms with van der Waals surface area (Å²) < 4.78 is 76.3. The van der Waals surface area contributed by atoms with Crippen LogP contribution in [0.3, 0.4) is 0 Å². The second-order valence-electron chi connectivity index (χ2n) is 26.2. The number of aliphatic carboxylic acids is 2. The third-order valence-electron chi connectivity index (χ3n) is 18.6. The van der Waals surface area contributed by atoms with Gasteiger partial charge in [0.05, 0.1) is 70.5 Å². The second kappa shape index (κ2) is 37.8. The Labute approximate surface area is 598 Å². The number of carboxylic acids is 2. The molecule has 37 atom stereocenters. The van der Waals surface area contributed by atoms with E-state index in [4.69, 9.17) is 61.6 Å². The zero-order valence-electron chi connectivity index (χ0n) is 56.7. The van der Waals surface area contributed by atoms with Crippen molar-refractivity contribution in [2.45, 2.75) is 266 Å². The van der Waals surface area contributed by atoms with Crippen molar-refractivity contribution >= 4 is 41.5 Å². The van der Waals surface area contributed by atoms with Crippen molar-refractivity contribution in [1.29, 1.82) is 0 Å². The first-order chi connectivity index (χ1) is 49.8. The molecular formula is C58H95N5O43. The lowest BCUT2D eigenvalue weighted by atomic mass is 9.87. The number of hydrogen-bond acceptors (Lipinski definition) is 41. The fourth-order valence-electron chi connectivity index (χ4n) is 13.3. The first kappa shape index (κ1) is 88.1. The summed E-state index contributed by atoms with van der Waals surface area (Å²) in [6.45, 7) is -6.17. The maximum Gasteiger partial charge on any atom is 0.364 e. The van der Waals surface area contributed by atoms with E-state index in [-0.39, 0.29) is 0 Å². The van der Waals surface area contributed by atoms with Crippen molar-refractivity contribution in [3.63, 3.8) is 0 Å². The number of carbonyl (C=O) groups is 7. The molecule has 7 aliphatic heterocycles. The number of ether oxygens (including phenoxy) is 13. The van der Waals surface area contributed by atoms with Crippen LogP contribution in [0.5, 0.6) is 0 Å². The average molecular weight is 1550 g/mol. The largest absolute Gasteiger partial charge is 0.477 e. The lowest BCUT2D eigenvalue weighted by molar-refractivity contribution is -0.395. The first-order valence-corrected chi connectivity index (χ1v) is 33.0. The Kier molecular flexibility index (Phi) is 31.4. The number of amides is 5. The van der Waals surface area contributed by atoms with Gasteiger partial charge in [-0.3, -0.25) is 24.0 Å². The smallest absolute Gasteiger partial charge is 0.364 e. The van der Waals surface area contributed by atoms with E-state index in [1.165, 1.54) is 0 Å². The van der Waals surface area contributed by atoms with Gasteiger partial charge >= 0.3 is 11.9 Å². The van der Waals surface area contributed by atoms with Crippen molar-refractivity contribution in [3.8, 4) is 0 Å². The number of aliphatic hydroxyl groups excluding tert-OH is 21. The molecule has 106 heavy (non-hydrogen) atoms. The van der Waals surface area contributed by atoms with Gasteiger partial charge in [0.1, 0.15) is 165 Å². The number of rotatable bonds is 31. The molecule has 5 amide bonds. The molecule has 0 aromatic carbocycles. The molecule has 28 N–H and O–H groups in total. The molecule has 0 saturated carbocycles. The van der Waals surface area contributed by atoms with Crippen LogP contribution in [-0.4, -0.2) is 438 Å². The Morgan fingerprint density at radius 1 is 0.406 bits per heavy atom. The quantitative estimate of drug-likeness (QED) is 0.0306. The number of aliphatic hydroxyl groups is 21. The molecule has 0 aliphatic carbocycles. The van der Waals surface area contributed by atoms with E-state index in [1.807, 2.05) is 0 Å². The highest BCUT2D eigenvalue weighted by atomic mass is 16.8. The number of carbonyl (C=O) groups excluding carboxylic acids is 5. The van der Waals surface area contributed by atoms with Gasteiger partial charge in [-0.25, -0.2) is 9.59 Å². The molecule has 0 aromatic rings. The SMILES string of the molecule is CC(=O)N[C@@H]1[C@@H](O[C@@H]2O[C@H](CO)[C@H](O[C@@H]3O[C@H](CO)[C@H](O)[C@H](O[C@@H]4O[C@H](CO)[C@H](O[C@@H]5O[C@H](CO)[C@H](O)[C@H](O)[C@H]5NC(C)=O)[C@H](O[C@]5(C(=O)O)C[C@H](O)[C@@H](NC(=O)CO)[C@H]([C@H](O)[C@H](O)CO)O5)[C@H]4NC(C)=O)[C@H]3O)[C@H](O)[C@H]2O)[C@@H](O)[C@@H](CO[C@]2(C(=O)O)C[C@H](O)[C@@H](NC(C)=O)[C@H]([C@H](O)[C@H](O)CO)O2)O[C@@H]1O. The Morgan fingerprint density at radius 2 is 0.811 bits per heavy atom. The van der Waals surface area contributed by atoms with E-state index in [0.29, 0.717) is 0 Å². The van der Waals surface area contributed by atoms with Gasteiger partial charge in [0.15, 0.2) is 31.5 Å². The number of nitrogens with one attached hydrogen (secondary N) is 5. The standard InChI is InChI=1S/C58H95N5O43/c1-15(71)59-29-19(75)5-57(55(90)91,104-46(29)34(80)21(77)7-64)94-14-27-38(84)45(32(50(89)95-27)61-17(3)73)102-53-41(87)40(86)43(25(11-68)99-53)100-54-42(88)49(37(83)24(10-67)97-54)103-52-33(62-18(4)74)48(44(26(12-69)98-52)101-51-31(60-16(2)72)39(85)36(82)23(9-66)96-51)106-58(56(92)93)6-20(76)30(63-28(79)13-70)47(105-58)35(81)22(78)8-65/h19-27,29-54,64-70,75-78,80-89H,5-14H2,1-4H3,(H,59,71)(H,60,72)(H,61,73)(H,62,74)(H,63,79)(H,90,91)(H,92,93)/t19-,20-,21+,22+,23+,24+,25+,26+,27+,29+,30+,31+,32+,33+,34+,35+,36-,37-,38-,39+,40+,41+,42+,43-,44-,45+,46+,47+,48+,49-,50-,51-,52-,53-,54-,57+,58-/m0/s1. The summed E-state index contributed by atoms with van der Waals surface area (Å²) in [5.41, 5.74) is 0. The van der Waals surface area contributed by atoms with Crippen LogP contribution in [0.1, 0.15) is 40.5 Å². The van der Waals surface area contributed by atoms with Gasteiger partial charge < -0.3 is 206 Å². The number of hydrogen-bond donors (Lipinski definition) is 28. The maximum atomic E-state index is 13.8. The summed E-state index contributed by atoms with van der Waals surface area (Å²) in [6.07, 6.45) is -69.1. The van der Waals surface area contributed by atoms with E-state index >= 15 is 0 Å². The van der Waals surface area contributed by atoms with Crippen LogP contribution in [0, 0.1) is 0 Å². The van der Waals surface area contributed by atoms with Crippen LogP contribution in [0.25, 0.3) is 0 Å². The Morgan fingerprint density at radius 3 is 1.33 bits per heavy atom. The summed E-state index contributed by atoms with van der Waals surface area (Å²) in [6, 6.07) is -9.68. The summed E-state index contributed by atoms with van der Waals surface area (Å²) in [5, 5.41) is 263. The molecule has 7 aliphatic rings. The molecule has 0 aromatic heterocycles. The molecule has 610 valence electrons. The molecule has 7 saturated heterocycles. The first-order valence-electron chi connectivity index (χ1n) is 33.0. The Hall–Kier alpha value is -5.07. The van der Waals surface area contributed by atoms with Crippen molar-refractivity contribution < 1.29 is 213 Å². The van der Waals surface area contributed by atoms with Crippen LogP contribution in [0.2, 0.25) is 0 Å². The highest BCUT2D eigenvalue weighted by Crippen LogP contribution is 2.42. The minimum Gasteiger partial charge on any atom is -0.477 e.